The Bertz CT molecular complexity index is 1420. The van der Waals surface area contributed by atoms with E-state index in [-0.39, 0.29) is 5.91 Å². The number of ether oxygens (including phenoxy) is 1. The van der Waals surface area contributed by atoms with Crippen LogP contribution in [0.1, 0.15) is 30.9 Å². The van der Waals surface area contributed by atoms with Crippen molar-refractivity contribution in [2.24, 2.45) is 4.99 Å². The van der Waals surface area contributed by atoms with Crippen LogP contribution in [-0.2, 0) is 4.79 Å². The average molecular weight is 525 g/mol. The number of amidine groups is 1. The summed E-state index contributed by atoms with van der Waals surface area (Å²) in [6.45, 7) is 2.83. The molecule has 0 spiro atoms. The van der Waals surface area contributed by atoms with Gasteiger partial charge in [0.15, 0.2) is 0 Å². The van der Waals surface area contributed by atoms with Crippen molar-refractivity contribution >= 4 is 50.2 Å². The number of unbranched alkanes of at least 4 members (excludes halogenated alkanes) is 1. The molecule has 0 atom stereocenters. The molecule has 5 heteroatoms. The first kappa shape index (κ1) is 23.1. The molecule has 1 heterocycles. The fraction of sp³-hybridized carbons (Fsp3) is 0.133. The number of hydrogen-bond acceptors (Lipinski definition) is 3. The third-order valence-electron chi connectivity index (χ3n) is 5.92. The molecule has 4 nitrogen and oxygen atoms in total. The lowest BCUT2D eigenvalue weighted by atomic mass is 10.1. The third-order valence-corrected chi connectivity index (χ3v) is 6.45. The first-order valence-corrected chi connectivity index (χ1v) is 12.5. The van der Waals surface area contributed by atoms with Crippen LogP contribution in [0.4, 0.5) is 5.69 Å². The van der Waals surface area contributed by atoms with E-state index in [4.69, 9.17) is 9.73 Å². The molecule has 4 aromatic rings. The van der Waals surface area contributed by atoms with Crippen LogP contribution in [0.3, 0.4) is 0 Å². The number of amides is 1. The third kappa shape index (κ3) is 4.91. The van der Waals surface area contributed by atoms with E-state index in [1.807, 2.05) is 84.9 Å². The number of anilines is 1. The maximum absolute atomic E-state index is 13.8. The lowest BCUT2D eigenvalue weighted by molar-refractivity contribution is -0.113. The Labute approximate surface area is 213 Å². The Hall–Kier alpha value is -3.70. The number of carbonyl (C=O) groups is 1. The van der Waals surface area contributed by atoms with Crippen LogP contribution in [0.2, 0.25) is 0 Å². The lowest BCUT2D eigenvalue weighted by Gasteiger charge is -2.20. The van der Waals surface area contributed by atoms with Gasteiger partial charge in [0.1, 0.15) is 17.3 Å². The van der Waals surface area contributed by atoms with Crippen molar-refractivity contribution < 1.29 is 9.53 Å². The van der Waals surface area contributed by atoms with Crippen LogP contribution < -0.4 is 9.64 Å². The summed E-state index contributed by atoms with van der Waals surface area (Å²) in [6, 6.07) is 29.7. The van der Waals surface area contributed by atoms with E-state index in [9.17, 15) is 4.79 Å². The smallest absolute Gasteiger partial charge is 0.282 e. The number of nitrogens with zero attached hydrogens (tertiary/aromatic N) is 2. The van der Waals surface area contributed by atoms with Gasteiger partial charge in [-0.15, -0.1) is 0 Å². The van der Waals surface area contributed by atoms with Gasteiger partial charge in [0.2, 0.25) is 0 Å². The molecule has 35 heavy (non-hydrogen) atoms. The van der Waals surface area contributed by atoms with Gasteiger partial charge >= 0.3 is 0 Å². The summed E-state index contributed by atoms with van der Waals surface area (Å²) in [5.41, 5.74) is 2.99. The van der Waals surface area contributed by atoms with E-state index in [1.54, 1.807) is 4.90 Å². The van der Waals surface area contributed by atoms with Crippen LogP contribution in [0.25, 0.3) is 16.8 Å². The summed E-state index contributed by atoms with van der Waals surface area (Å²) in [4.78, 5) is 20.3. The van der Waals surface area contributed by atoms with E-state index < -0.39 is 0 Å². The molecule has 0 unspecified atom stereocenters. The van der Waals surface area contributed by atoms with E-state index in [2.05, 4.69) is 35.0 Å². The Morgan fingerprint density at radius 1 is 0.914 bits per heavy atom. The van der Waals surface area contributed by atoms with Crippen molar-refractivity contribution in [3.63, 3.8) is 0 Å². The second kappa shape index (κ2) is 10.3. The summed E-state index contributed by atoms with van der Waals surface area (Å²) >= 11 is 3.47. The number of aliphatic imine (C=N–C) groups is 1. The summed E-state index contributed by atoms with van der Waals surface area (Å²) in [6.07, 6.45) is 3.94. The predicted octanol–water partition coefficient (Wildman–Crippen LogP) is 7.62. The van der Waals surface area contributed by atoms with Gasteiger partial charge in [0.25, 0.3) is 5.91 Å². The Balaban J connectivity index is 1.58. The molecule has 0 saturated heterocycles. The van der Waals surface area contributed by atoms with Gasteiger partial charge < -0.3 is 4.74 Å². The van der Waals surface area contributed by atoms with E-state index in [0.29, 0.717) is 18.1 Å². The highest BCUT2D eigenvalue weighted by atomic mass is 79.9. The summed E-state index contributed by atoms with van der Waals surface area (Å²) in [5, 5.41) is 2.07. The molecule has 4 aromatic carbocycles. The fourth-order valence-corrected chi connectivity index (χ4v) is 4.35. The number of benzene rings is 4. The van der Waals surface area contributed by atoms with Crippen LogP contribution >= 0.6 is 15.9 Å². The maximum atomic E-state index is 13.8. The summed E-state index contributed by atoms with van der Waals surface area (Å²) < 4.78 is 6.81. The van der Waals surface area contributed by atoms with Gasteiger partial charge in [-0.25, -0.2) is 4.99 Å². The summed E-state index contributed by atoms with van der Waals surface area (Å²) in [7, 11) is 0. The molecule has 0 N–H and O–H groups in total. The number of fused-ring (bicyclic) bond motifs is 1. The minimum absolute atomic E-state index is 0.150. The minimum Gasteiger partial charge on any atom is -0.494 e. The lowest BCUT2D eigenvalue weighted by Crippen LogP contribution is -2.32. The molecule has 0 fully saturated rings. The van der Waals surface area contributed by atoms with Gasteiger partial charge in [0.05, 0.1) is 12.3 Å². The molecule has 0 bridgehead atoms. The first-order chi connectivity index (χ1) is 17.1. The fourth-order valence-electron chi connectivity index (χ4n) is 4.09. The molecule has 0 aliphatic carbocycles. The standard InChI is InChI=1S/C30H25BrN2O2/c1-2-3-19-35-25-17-13-23(14-18-25)29-32-27(20-21-11-15-24(31)16-12-21)30(34)33(29)28-10-6-8-22-7-4-5-9-26(22)28/h4-18,20H,2-3,19H2,1H3. The SMILES string of the molecule is CCCCOc1ccc(C2=NC(=Cc3ccc(Br)cc3)C(=O)N2c2cccc3ccccc23)cc1. The normalized spacial score (nSPS) is 14.6. The molecule has 0 aromatic heterocycles. The zero-order chi connectivity index (χ0) is 24.2. The van der Waals surface area contributed by atoms with Crippen LogP contribution in [0.5, 0.6) is 5.75 Å². The topological polar surface area (TPSA) is 41.9 Å². The molecular weight excluding hydrogens is 500 g/mol. The maximum Gasteiger partial charge on any atom is 0.282 e. The largest absolute Gasteiger partial charge is 0.494 e. The van der Waals surface area contributed by atoms with Crippen molar-refractivity contribution in [2.75, 3.05) is 11.5 Å². The molecule has 1 aliphatic rings. The van der Waals surface area contributed by atoms with Crippen molar-refractivity contribution in [2.45, 2.75) is 19.8 Å². The second-order valence-corrected chi connectivity index (χ2v) is 9.30. The molecule has 0 saturated carbocycles. The van der Waals surface area contributed by atoms with Crippen molar-refractivity contribution in [3.8, 4) is 5.75 Å². The highest BCUT2D eigenvalue weighted by molar-refractivity contribution is 9.10. The van der Waals surface area contributed by atoms with Crippen LogP contribution in [0.15, 0.2) is 106 Å². The van der Waals surface area contributed by atoms with Gasteiger partial charge in [0, 0.05) is 15.4 Å². The van der Waals surface area contributed by atoms with Gasteiger partial charge in [-0.2, -0.15) is 0 Å². The summed E-state index contributed by atoms with van der Waals surface area (Å²) in [5.74, 6) is 1.27. The second-order valence-electron chi connectivity index (χ2n) is 8.38. The Morgan fingerprint density at radius 3 is 2.43 bits per heavy atom. The van der Waals surface area contributed by atoms with E-state index in [0.717, 1.165) is 50.7 Å². The Kier molecular flexibility index (Phi) is 6.77. The average Bonchev–Trinajstić information content (AvgIpc) is 3.21. The van der Waals surface area contributed by atoms with E-state index in [1.165, 1.54) is 0 Å². The zero-order valence-corrected chi connectivity index (χ0v) is 21.0. The van der Waals surface area contributed by atoms with Gasteiger partial charge in [-0.05, 0) is 65.9 Å². The molecule has 1 aliphatic heterocycles. The minimum atomic E-state index is -0.150. The van der Waals surface area contributed by atoms with Gasteiger partial charge in [-0.3, -0.25) is 9.69 Å². The predicted molar refractivity (Wildman–Crippen MR) is 147 cm³/mol. The number of rotatable bonds is 7. The van der Waals surface area contributed by atoms with Gasteiger partial charge in [-0.1, -0.05) is 77.8 Å². The van der Waals surface area contributed by atoms with Crippen molar-refractivity contribution in [1.29, 1.82) is 0 Å². The van der Waals surface area contributed by atoms with Crippen LogP contribution in [-0.4, -0.2) is 18.3 Å². The molecule has 174 valence electrons. The van der Waals surface area contributed by atoms with Crippen molar-refractivity contribution in [1.82, 2.24) is 0 Å². The van der Waals surface area contributed by atoms with Crippen molar-refractivity contribution in [3.05, 3.63) is 112 Å². The molecule has 1 amide bonds. The highest BCUT2D eigenvalue weighted by Gasteiger charge is 2.33. The first-order valence-electron chi connectivity index (χ1n) is 11.8. The highest BCUT2D eigenvalue weighted by Crippen LogP contribution is 2.33. The van der Waals surface area contributed by atoms with Crippen LogP contribution in [0, 0.1) is 0 Å². The zero-order valence-electron chi connectivity index (χ0n) is 19.4. The number of halogens is 1. The molecular formula is C30H25BrN2O2. The number of carbonyl (C=O) groups excluding carboxylic acids is 1. The Morgan fingerprint density at radius 2 is 1.66 bits per heavy atom. The van der Waals surface area contributed by atoms with E-state index >= 15 is 0 Å². The number of hydrogen-bond donors (Lipinski definition) is 0. The monoisotopic (exact) mass is 524 g/mol. The molecule has 5 rings (SSSR count). The quantitative estimate of drug-likeness (QED) is 0.184. The molecule has 0 radical (unpaired) electrons.